The Hall–Kier alpha value is -4.11. The van der Waals surface area contributed by atoms with Gasteiger partial charge in [-0.1, -0.05) is 29.8 Å². The van der Waals surface area contributed by atoms with E-state index in [0.717, 1.165) is 70.8 Å². The van der Waals surface area contributed by atoms with Gasteiger partial charge < -0.3 is 9.47 Å². The van der Waals surface area contributed by atoms with Crippen molar-refractivity contribution >= 4 is 50.0 Å². The van der Waals surface area contributed by atoms with E-state index in [1.54, 1.807) is 18.3 Å². The van der Waals surface area contributed by atoms with Crippen LogP contribution in [0.15, 0.2) is 67.0 Å². The highest BCUT2D eigenvalue weighted by atomic mass is 35.5. The van der Waals surface area contributed by atoms with Crippen molar-refractivity contribution < 1.29 is 14.3 Å². The summed E-state index contributed by atoms with van der Waals surface area (Å²) in [5.74, 6) is -0.421. The molecule has 0 amide bonds. The van der Waals surface area contributed by atoms with Gasteiger partial charge in [-0.3, -0.25) is 9.67 Å². The van der Waals surface area contributed by atoms with Crippen LogP contribution >= 0.6 is 22.9 Å². The Balaban J connectivity index is 1.56. The van der Waals surface area contributed by atoms with Crippen molar-refractivity contribution in [2.75, 3.05) is 6.61 Å². The van der Waals surface area contributed by atoms with Crippen LogP contribution in [0.5, 0.6) is 0 Å². The smallest absolute Gasteiger partial charge is 0.339 e. The second-order valence-corrected chi connectivity index (χ2v) is 13.6. The van der Waals surface area contributed by atoms with Crippen molar-refractivity contribution in [2.24, 2.45) is 7.05 Å². The number of pyridine rings is 1. The van der Waals surface area contributed by atoms with Gasteiger partial charge in [0.2, 0.25) is 0 Å². The first-order valence-corrected chi connectivity index (χ1v) is 16.1. The van der Waals surface area contributed by atoms with Gasteiger partial charge in [0.15, 0.2) is 6.10 Å². The van der Waals surface area contributed by atoms with Crippen LogP contribution in [0.3, 0.4) is 0 Å². The summed E-state index contributed by atoms with van der Waals surface area (Å²) in [7, 11) is 1.94. The van der Waals surface area contributed by atoms with E-state index in [9.17, 15) is 4.79 Å². The Morgan fingerprint density at radius 2 is 1.73 bits per heavy atom. The van der Waals surface area contributed by atoms with Gasteiger partial charge in [-0.05, 0) is 94.6 Å². The molecule has 9 heteroatoms. The highest BCUT2D eigenvalue weighted by Gasteiger charge is 2.33. The van der Waals surface area contributed by atoms with Crippen molar-refractivity contribution in [1.82, 2.24) is 19.7 Å². The summed E-state index contributed by atoms with van der Waals surface area (Å²) in [5, 5.41) is 6.94. The van der Waals surface area contributed by atoms with Crippen LogP contribution in [0.25, 0.3) is 54.1 Å². The number of rotatable bonds is 7. The van der Waals surface area contributed by atoms with E-state index in [0.29, 0.717) is 5.02 Å². The topological polar surface area (TPSA) is 79.1 Å². The Bertz CT molecular complexity index is 2060. The van der Waals surface area contributed by atoms with Crippen LogP contribution in [0.2, 0.25) is 5.02 Å². The number of carbonyl (C=O) groups excluding carboxylic acids is 1. The number of fused-ring (bicyclic) bond motifs is 2. The van der Waals surface area contributed by atoms with Crippen LogP contribution in [-0.4, -0.2) is 37.9 Å². The number of esters is 1. The van der Waals surface area contributed by atoms with Gasteiger partial charge in [0.25, 0.3) is 0 Å². The molecule has 0 N–H and O–H groups in total. The SMILES string of the molecule is CCOC(=O)[C@@H](OC(C)(C)C)c1c(C)cc2nc(-c3cc(-c4ccc5c(cnn5C)c4)ncc3C)sc2c1-c1ccc(Cl)cc1. The van der Waals surface area contributed by atoms with Crippen LogP contribution in [0.4, 0.5) is 0 Å². The summed E-state index contributed by atoms with van der Waals surface area (Å²) < 4.78 is 14.8. The molecule has 0 aliphatic rings. The molecular formula is C36H35ClN4O3S. The summed E-state index contributed by atoms with van der Waals surface area (Å²) in [4.78, 5) is 23.4. The third-order valence-electron chi connectivity index (χ3n) is 7.67. The minimum Gasteiger partial charge on any atom is -0.464 e. The second kappa shape index (κ2) is 12.0. The molecule has 3 aromatic heterocycles. The number of aryl methyl sites for hydroxylation is 3. The zero-order valence-electron chi connectivity index (χ0n) is 26.4. The molecule has 0 radical (unpaired) electrons. The molecule has 1 atom stereocenters. The second-order valence-electron chi connectivity index (χ2n) is 12.1. The summed E-state index contributed by atoms with van der Waals surface area (Å²) in [6.07, 6.45) is 2.84. The van der Waals surface area contributed by atoms with E-state index in [1.807, 2.05) is 89.1 Å². The lowest BCUT2D eigenvalue weighted by Gasteiger charge is -2.29. The molecule has 0 unspecified atom stereocenters. The Labute approximate surface area is 271 Å². The average molecular weight is 639 g/mol. The van der Waals surface area contributed by atoms with Gasteiger partial charge in [-0.15, -0.1) is 11.3 Å². The van der Waals surface area contributed by atoms with Crippen LogP contribution < -0.4 is 0 Å². The Kier molecular flexibility index (Phi) is 8.24. The number of carbonyl (C=O) groups is 1. The first-order chi connectivity index (χ1) is 21.4. The standard InChI is InChI=1S/C36H35ClN4O3S/c1-8-43-35(42)32(44-36(4,5)6)30-20(2)15-28-33(31(30)22-9-12-25(37)13-10-22)45-34(40-28)26-17-27(38-18-21(26)3)23-11-14-29-24(16-23)19-39-41(29)7/h9-19,32H,8H2,1-7H3/t32-/m0/s1. The number of hydrogen-bond donors (Lipinski definition) is 0. The van der Waals surface area contributed by atoms with Crippen molar-refractivity contribution in [2.45, 2.75) is 53.2 Å². The van der Waals surface area contributed by atoms with E-state index >= 15 is 0 Å². The van der Waals surface area contributed by atoms with Gasteiger partial charge in [0.05, 0.1) is 39.8 Å². The van der Waals surface area contributed by atoms with Gasteiger partial charge in [0.1, 0.15) is 5.01 Å². The van der Waals surface area contributed by atoms with Crippen LogP contribution in [0.1, 0.15) is 50.5 Å². The maximum Gasteiger partial charge on any atom is 0.339 e. The van der Waals surface area contributed by atoms with Crippen molar-refractivity contribution in [1.29, 1.82) is 0 Å². The first kappa shape index (κ1) is 30.9. The highest BCUT2D eigenvalue weighted by molar-refractivity contribution is 7.22. The van der Waals surface area contributed by atoms with Crippen molar-refractivity contribution in [3.63, 3.8) is 0 Å². The first-order valence-electron chi connectivity index (χ1n) is 14.9. The number of ether oxygens (including phenoxy) is 2. The minimum atomic E-state index is -0.928. The molecule has 230 valence electrons. The third-order valence-corrected chi connectivity index (χ3v) is 9.04. The predicted molar refractivity (Wildman–Crippen MR) is 183 cm³/mol. The monoisotopic (exact) mass is 638 g/mol. The van der Waals surface area contributed by atoms with Gasteiger partial charge >= 0.3 is 5.97 Å². The number of halogens is 1. The third kappa shape index (κ3) is 6.10. The summed E-state index contributed by atoms with van der Waals surface area (Å²) in [5.41, 5.74) is 8.66. The Morgan fingerprint density at radius 3 is 2.44 bits per heavy atom. The molecule has 0 aliphatic heterocycles. The quantitative estimate of drug-likeness (QED) is 0.162. The summed E-state index contributed by atoms with van der Waals surface area (Å²) in [6.45, 7) is 11.9. The number of hydrogen-bond acceptors (Lipinski definition) is 7. The van der Waals surface area contributed by atoms with Crippen molar-refractivity contribution in [3.05, 3.63) is 88.7 Å². The summed E-state index contributed by atoms with van der Waals surface area (Å²) >= 11 is 7.90. The van der Waals surface area contributed by atoms with Gasteiger partial charge in [-0.2, -0.15) is 5.10 Å². The minimum absolute atomic E-state index is 0.252. The number of nitrogens with zero attached hydrogens (tertiary/aromatic N) is 4. The number of thiazole rings is 1. The maximum atomic E-state index is 13.5. The predicted octanol–water partition coefficient (Wildman–Crippen LogP) is 9.27. The number of benzene rings is 3. The molecule has 0 bridgehead atoms. The largest absolute Gasteiger partial charge is 0.464 e. The fourth-order valence-corrected chi connectivity index (χ4v) is 6.93. The van der Waals surface area contributed by atoms with Crippen molar-refractivity contribution in [3.8, 4) is 33.0 Å². The zero-order chi connectivity index (χ0) is 32.0. The molecule has 3 heterocycles. The fourth-order valence-electron chi connectivity index (χ4n) is 5.60. The molecular weight excluding hydrogens is 604 g/mol. The molecule has 3 aromatic carbocycles. The molecule has 0 saturated carbocycles. The zero-order valence-corrected chi connectivity index (χ0v) is 28.0. The molecule has 7 nitrogen and oxygen atoms in total. The molecule has 0 fully saturated rings. The van der Waals surface area contributed by atoms with E-state index in [4.69, 9.17) is 31.0 Å². The maximum absolute atomic E-state index is 13.5. The molecule has 0 saturated heterocycles. The van der Waals surface area contributed by atoms with Gasteiger partial charge in [0, 0.05) is 45.9 Å². The molecule has 0 aliphatic carbocycles. The molecule has 0 spiro atoms. The lowest BCUT2D eigenvalue weighted by Crippen LogP contribution is -2.29. The van der Waals surface area contributed by atoms with E-state index in [-0.39, 0.29) is 6.61 Å². The lowest BCUT2D eigenvalue weighted by atomic mass is 9.91. The molecule has 6 rings (SSSR count). The highest BCUT2D eigenvalue weighted by Crippen LogP contribution is 2.45. The van der Waals surface area contributed by atoms with E-state index in [1.165, 1.54) is 0 Å². The van der Waals surface area contributed by atoms with Gasteiger partial charge in [-0.25, -0.2) is 9.78 Å². The molecule has 45 heavy (non-hydrogen) atoms. The van der Waals surface area contributed by atoms with Crippen LogP contribution in [-0.2, 0) is 21.3 Å². The fraction of sp³-hybridized carbons (Fsp3) is 0.278. The van der Waals surface area contributed by atoms with Crippen LogP contribution in [0, 0.1) is 13.8 Å². The summed E-state index contributed by atoms with van der Waals surface area (Å²) in [6, 6.07) is 18.1. The lowest BCUT2D eigenvalue weighted by molar-refractivity contribution is -0.166. The average Bonchev–Trinajstić information content (AvgIpc) is 3.58. The normalized spacial score (nSPS) is 12.6. The van der Waals surface area contributed by atoms with E-state index < -0.39 is 17.7 Å². The molecule has 6 aromatic rings. The Morgan fingerprint density at radius 1 is 1.00 bits per heavy atom. The van der Waals surface area contributed by atoms with E-state index in [2.05, 4.69) is 29.4 Å². The number of aromatic nitrogens is 4.